The zero-order valence-corrected chi connectivity index (χ0v) is 16.6. The lowest BCUT2D eigenvalue weighted by Crippen LogP contribution is -2.59. The Labute approximate surface area is 156 Å². The Hall–Kier alpha value is -1.56. The predicted octanol–water partition coefficient (Wildman–Crippen LogP) is 3.09. The first-order valence-electron chi connectivity index (χ1n) is 9.53. The number of amides is 1. The van der Waals surface area contributed by atoms with Gasteiger partial charge < -0.3 is 5.32 Å². The summed E-state index contributed by atoms with van der Waals surface area (Å²) < 4.78 is 25.0. The number of sulfonamides is 1. The first-order chi connectivity index (χ1) is 12.2. The quantitative estimate of drug-likeness (QED) is 0.878. The molecule has 26 heavy (non-hydrogen) atoms. The van der Waals surface area contributed by atoms with Gasteiger partial charge >= 0.3 is 0 Å². The lowest BCUT2D eigenvalue weighted by Gasteiger charge is -2.56. The normalized spacial score (nSPS) is 32.5. The lowest BCUT2D eigenvalue weighted by molar-refractivity contribution is -0.0167. The SMILES string of the molecule is Cc1c(C(=O)NC23CC4CC(CC(C4)C2)C3)cccc1N(C)S(C)(=O)=O. The summed E-state index contributed by atoms with van der Waals surface area (Å²) in [6.45, 7) is 1.83. The molecule has 4 aliphatic carbocycles. The van der Waals surface area contributed by atoms with Crippen molar-refractivity contribution in [2.24, 2.45) is 17.8 Å². The lowest BCUT2D eigenvalue weighted by atomic mass is 9.53. The highest BCUT2D eigenvalue weighted by molar-refractivity contribution is 7.92. The van der Waals surface area contributed by atoms with Gasteiger partial charge in [0.2, 0.25) is 10.0 Å². The van der Waals surface area contributed by atoms with Gasteiger partial charge in [0.05, 0.1) is 11.9 Å². The molecule has 0 unspecified atom stereocenters. The number of hydrogen-bond donors (Lipinski definition) is 1. The number of carbonyl (C=O) groups excluding carboxylic acids is 1. The van der Waals surface area contributed by atoms with E-state index in [9.17, 15) is 13.2 Å². The van der Waals surface area contributed by atoms with Crippen LogP contribution in [0.1, 0.15) is 54.4 Å². The second-order valence-electron chi connectivity index (χ2n) is 8.83. The number of nitrogens with one attached hydrogen (secondary N) is 1. The van der Waals surface area contributed by atoms with Crippen molar-refractivity contribution in [1.29, 1.82) is 0 Å². The van der Waals surface area contributed by atoms with E-state index in [1.54, 1.807) is 18.2 Å². The first kappa shape index (κ1) is 17.8. The minimum Gasteiger partial charge on any atom is -0.347 e. The van der Waals surface area contributed by atoms with Crippen LogP contribution in [-0.4, -0.2) is 33.2 Å². The summed E-state index contributed by atoms with van der Waals surface area (Å²) >= 11 is 0. The van der Waals surface area contributed by atoms with E-state index in [0.717, 1.165) is 37.0 Å². The highest BCUT2D eigenvalue weighted by Gasteiger charge is 2.51. The van der Waals surface area contributed by atoms with Gasteiger partial charge in [-0.3, -0.25) is 9.10 Å². The fourth-order valence-corrected chi connectivity index (χ4v) is 6.52. The molecular formula is C20H28N2O3S. The van der Waals surface area contributed by atoms with E-state index in [2.05, 4.69) is 5.32 Å². The second-order valence-corrected chi connectivity index (χ2v) is 10.8. The standard InChI is InChI=1S/C20H28N2O3S/c1-13-17(5-4-6-18(13)22(2)26(3,24)25)19(23)21-20-10-14-7-15(11-20)9-16(8-14)12-20/h4-6,14-16H,7-12H2,1-3H3,(H,21,23). The van der Waals surface area contributed by atoms with Crippen LogP contribution in [0, 0.1) is 24.7 Å². The van der Waals surface area contributed by atoms with Gasteiger partial charge in [-0.15, -0.1) is 0 Å². The summed E-state index contributed by atoms with van der Waals surface area (Å²) in [5, 5.41) is 3.38. The zero-order valence-electron chi connectivity index (χ0n) is 15.8. The van der Waals surface area contributed by atoms with Crippen LogP contribution in [0.4, 0.5) is 5.69 Å². The molecule has 1 amide bonds. The van der Waals surface area contributed by atoms with Crippen LogP contribution >= 0.6 is 0 Å². The summed E-state index contributed by atoms with van der Waals surface area (Å²) in [4.78, 5) is 13.1. The third kappa shape index (κ3) is 3.02. The zero-order chi connectivity index (χ0) is 18.7. The molecule has 4 fully saturated rings. The van der Waals surface area contributed by atoms with Crippen LogP contribution in [0.15, 0.2) is 18.2 Å². The molecular weight excluding hydrogens is 348 g/mol. The van der Waals surface area contributed by atoms with Crippen LogP contribution in [0.25, 0.3) is 0 Å². The third-order valence-corrected chi connectivity index (χ3v) is 8.00. The van der Waals surface area contributed by atoms with E-state index in [4.69, 9.17) is 0 Å². The van der Waals surface area contributed by atoms with Crippen molar-refractivity contribution >= 4 is 21.6 Å². The smallest absolute Gasteiger partial charge is 0.252 e. The topological polar surface area (TPSA) is 66.5 Å². The van der Waals surface area contributed by atoms with Crippen LogP contribution in [-0.2, 0) is 10.0 Å². The van der Waals surface area contributed by atoms with Crippen LogP contribution in [0.2, 0.25) is 0 Å². The largest absolute Gasteiger partial charge is 0.347 e. The summed E-state index contributed by atoms with van der Waals surface area (Å²) in [6.07, 6.45) is 8.50. The van der Waals surface area contributed by atoms with Crippen LogP contribution < -0.4 is 9.62 Å². The molecule has 5 nitrogen and oxygen atoms in total. The number of anilines is 1. The van der Waals surface area contributed by atoms with Crippen LogP contribution in [0.3, 0.4) is 0 Å². The molecule has 0 radical (unpaired) electrons. The number of carbonyl (C=O) groups is 1. The molecule has 6 heteroatoms. The van der Waals surface area contributed by atoms with E-state index in [0.29, 0.717) is 16.8 Å². The molecule has 4 saturated carbocycles. The Morgan fingerprint density at radius 3 is 2.15 bits per heavy atom. The van der Waals surface area contributed by atoms with Crippen molar-refractivity contribution in [3.63, 3.8) is 0 Å². The molecule has 1 aromatic carbocycles. The van der Waals surface area contributed by atoms with Gasteiger partial charge in [-0.2, -0.15) is 0 Å². The summed E-state index contributed by atoms with van der Waals surface area (Å²) in [6, 6.07) is 5.31. The van der Waals surface area contributed by atoms with Gasteiger partial charge in [-0.1, -0.05) is 6.07 Å². The van der Waals surface area contributed by atoms with Crippen molar-refractivity contribution in [2.45, 2.75) is 51.0 Å². The minimum atomic E-state index is -3.36. The molecule has 0 aromatic heterocycles. The Balaban J connectivity index is 1.60. The molecule has 0 heterocycles. The van der Waals surface area contributed by atoms with Gasteiger partial charge in [0.15, 0.2) is 0 Å². The number of hydrogen-bond acceptors (Lipinski definition) is 3. The monoisotopic (exact) mass is 376 g/mol. The van der Waals surface area contributed by atoms with Crippen molar-refractivity contribution in [3.8, 4) is 0 Å². The summed E-state index contributed by atoms with van der Waals surface area (Å²) in [5.74, 6) is 2.24. The fourth-order valence-electron chi connectivity index (χ4n) is 5.96. The summed E-state index contributed by atoms with van der Waals surface area (Å²) in [7, 11) is -1.84. The average Bonchev–Trinajstić information content (AvgIpc) is 2.51. The molecule has 0 spiro atoms. The van der Waals surface area contributed by atoms with Gasteiger partial charge in [-0.25, -0.2) is 8.42 Å². The number of nitrogens with zero attached hydrogens (tertiary/aromatic N) is 1. The maximum absolute atomic E-state index is 13.1. The summed E-state index contributed by atoms with van der Waals surface area (Å²) in [5.41, 5.74) is 1.80. The van der Waals surface area contributed by atoms with E-state index in [1.807, 2.05) is 6.92 Å². The van der Waals surface area contributed by atoms with E-state index in [1.165, 1.54) is 36.9 Å². The molecule has 142 valence electrons. The van der Waals surface area contributed by atoms with Gasteiger partial charge in [0.25, 0.3) is 5.91 Å². The molecule has 1 aromatic rings. The molecule has 5 rings (SSSR count). The number of rotatable bonds is 4. The second kappa shape index (κ2) is 5.98. The molecule has 0 saturated heterocycles. The molecule has 4 bridgehead atoms. The molecule has 0 aliphatic heterocycles. The Kier molecular flexibility index (Phi) is 4.10. The Morgan fingerprint density at radius 1 is 1.12 bits per heavy atom. The first-order valence-corrected chi connectivity index (χ1v) is 11.4. The fraction of sp³-hybridized carbons (Fsp3) is 0.650. The number of benzene rings is 1. The molecule has 1 N–H and O–H groups in total. The average molecular weight is 377 g/mol. The highest BCUT2D eigenvalue weighted by Crippen LogP contribution is 2.55. The van der Waals surface area contributed by atoms with Crippen molar-refractivity contribution in [3.05, 3.63) is 29.3 Å². The molecule has 0 atom stereocenters. The Bertz CT molecular complexity index is 811. The Morgan fingerprint density at radius 2 is 1.65 bits per heavy atom. The maximum atomic E-state index is 13.1. The van der Waals surface area contributed by atoms with Crippen molar-refractivity contribution in [2.75, 3.05) is 17.6 Å². The van der Waals surface area contributed by atoms with Crippen molar-refractivity contribution < 1.29 is 13.2 Å². The minimum absolute atomic E-state index is 0.0446. The van der Waals surface area contributed by atoms with Crippen molar-refractivity contribution in [1.82, 2.24) is 5.32 Å². The van der Waals surface area contributed by atoms with Gasteiger partial charge in [-0.05, 0) is 80.9 Å². The van der Waals surface area contributed by atoms with E-state index < -0.39 is 10.0 Å². The van der Waals surface area contributed by atoms with Crippen LogP contribution in [0.5, 0.6) is 0 Å². The maximum Gasteiger partial charge on any atom is 0.252 e. The molecule has 4 aliphatic rings. The third-order valence-electron chi connectivity index (χ3n) is 6.80. The predicted molar refractivity (Wildman–Crippen MR) is 103 cm³/mol. The highest BCUT2D eigenvalue weighted by atomic mass is 32.2. The van der Waals surface area contributed by atoms with Gasteiger partial charge in [0.1, 0.15) is 0 Å². The van der Waals surface area contributed by atoms with E-state index in [-0.39, 0.29) is 11.4 Å². The van der Waals surface area contributed by atoms with Gasteiger partial charge in [0, 0.05) is 18.2 Å². The van der Waals surface area contributed by atoms with E-state index >= 15 is 0 Å².